The number of hydrogen-bond donors (Lipinski definition) is 2. The minimum absolute atomic E-state index is 0.587. The first-order chi connectivity index (χ1) is 9.57. The molecule has 20 heavy (non-hydrogen) atoms. The van der Waals surface area contributed by atoms with Crippen LogP contribution in [0.15, 0.2) is 48.6 Å². The third kappa shape index (κ3) is 2.46. The molecule has 0 unspecified atom stereocenters. The van der Waals surface area contributed by atoms with Crippen LogP contribution in [0.25, 0.3) is 5.57 Å². The zero-order valence-corrected chi connectivity index (χ0v) is 12.3. The molecule has 0 amide bonds. The van der Waals surface area contributed by atoms with Crippen molar-refractivity contribution in [2.45, 2.75) is 45.3 Å². The Labute approximate surface area is 121 Å². The molecule has 0 bridgehead atoms. The molecule has 1 aliphatic carbocycles. The first-order valence-corrected chi connectivity index (χ1v) is 7.47. The van der Waals surface area contributed by atoms with Crippen molar-refractivity contribution in [3.05, 3.63) is 54.1 Å². The van der Waals surface area contributed by atoms with E-state index < -0.39 is 11.2 Å². The maximum atomic E-state index is 10.9. The van der Waals surface area contributed by atoms with Gasteiger partial charge in [0.25, 0.3) is 0 Å². The lowest BCUT2D eigenvalue weighted by Crippen LogP contribution is -2.49. The van der Waals surface area contributed by atoms with E-state index in [1.807, 2.05) is 48.6 Å². The molecule has 0 spiro atoms. The molecule has 2 nitrogen and oxygen atoms in total. The summed E-state index contributed by atoms with van der Waals surface area (Å²) in [5, 5.41) is 21.8. The van der Waals surface area contributed by atoms with Crippen LogP contribution in [-0.2, 0) is 0 Å². The molecule has 1 aromatic carbocycles. The number of rotatable bonds is 5. The van der Waals surface area contributed by atoms with Crippen molar-refractivity contribution >= 4 is 5.57 Å². The van der Waals surface area contributed by atoms with Gasteiger partial charge in [0, 0.05) is 11.0 Å². The summed E-state index contributed by atoms with van der Waals surface area (Å²) in [6.07, 6.45) is 9.16. The highest BCUT2D eigenvalue weighted by molar-refractivity contribution is 5.74. The van der Waals surface area contributed by atoms with E-state index in [0.29, 0.717) is 5.57 Å². The normalized spacial score (nSPS) is 19.7. The predicted octanol–water partition coefficient (Wildman–Crippen LogP) is 3.91. The van der Waals surface area contributed by atoms with Crippen LogP contribution in [-0.4, -0.2) is 16.0 Å². The Hall–Kier alpha value is -1.38. The van der Waals surface area contributed by atoms with Gasteiger partial charge in [0.1, 0.15) is 0 Å². The quantitative estimate of drug-likeness (QED) is 0.798. The maximum absolute atomic E-state index is 10.9. The SMILES string of the molecule is CCCC1(CCC)C=CC=C(c2ccccc2)C1(O)O. The van der Waals surface area contributed by atoms with Gasteiger partial charge >= 0.3 is 0 Å². The Balaban J connectivity index is 2.46. The van der Waals surface area contributed by atoms with Gasteiger partial charge in [-0.3, -0.25) is 0 Å². The van der Waals surface area contributed by atoms with Crippen molar-refractivity contribution in [2.75, 3.05) is 0 Å². The lowest BCUT2D eigenvalue weighted by Gasteiger charge is -2.45. The molecule has 0 aliphatic heterocycles. The number of aliphatic hydroxyl groups is 2. The van der Waals surface area contributed by atoms with Gasteiger partial charge in [-0.1, -0.05) is 75.2 Å². The molecule has 0 aromatic heterocycles. The summed E-state index contributed by atoms with van der Waals surface area (Å²) in [4.78, 5) is 0. The molecule has 1 aromatic rings. The molecular weight excluding hydrogens is 248 g/mol. The topological polar surface area (TPSA) is 40.5 Å². The number of benzene rings is 1. The summed E-state index contributed by atoms with van der Waals surface area (Å²) in [5.41, 5.74) is 0.886. The van der Waals surface area contributed by atoms with Crippen molar-refractivity contribution in [3.63, 3.8) is 0 Å². The minimum atomic E-state index is -1.81. The third-order valence-electron chi connectivity index (χ3n) is 4.23. The summed E-state index contributed by atoms with van der Waals surface area (Å²) in [5.74, 6) is -1.81. The molecule has 1 aliphatic rings. The molecule has 0 fully saturated rings. The second-order valence-corrected chi connectivity index (χ2v) is 5.63. The van der Waals surface area contributed by atoms with Gasteiger partial charge in [-0.15, -0.1) is 0 Å². The van der Waals surface area contributed by atoms with E-state index >= 15 is 0 Å². The summed E-state index contributed by atoms with van der Waals surface area (Å²) in [6.45, 7) is 4.17. The summed E-state index contributed by atoms with van der Waals surface area (Å²) in [6, 6.07) is 9.63. The highest BCUT2D eigenvalue weighted by atomic mass is 16.5. The minimum Gasteiger partial charge on any atom is -0.361 e. The summed E-state index contributed by atoms with van der Waals surface area (Å²) in [7, 11) is 0. The van der Waals surface area contributed by atoms with Crippen molar-refractivity contribution in [1.29, 1.82) is 0 Å². The van der Waals surface area contributed by atoms with Crippen LogP contribution in [0, 0.1) is 5.41 Å². The van der Waals surface area contributed by atoms with Crippen molar-refractivity contribution in [1.82, 2.24) is 0 Å². The van der Waals surface area contributed by atoms with Gasteiger partial charge < -0.3 is 10.2 Å². The largest absolute Gasteiger partial charge is 0.361 e. The maximum Gasteiger partial charge on any atom is 0.199 e. The Kier molecular flexibility index (Phi) is 4.46. The fourth-order valence-electron chi connectivity index (χ4n) is 3.28. The zero-order valence-electron chi connectivity index (χ0n) is 12.3. The molecule has 2 rings (SSSR count). The lowest BCUT2D eigenvalue weighted by atomic mass is 9.66. The second kappa shape index (κ2) is 5.94. The van der Waals surface area contributed by atoms with E-state index in [1.165, 1.54) is 0 Å². The van der Waals surface area contributed by atoms with Gasteiger partial charge in [0.15, 0.2) is 5.79 Å². The van der Waals surface area contributed by atoms with Crippen LogP contribution in [0.4, 0.5) is 0 Å². The molecule has 108 valence electrons. The lowest BCUT2D eigenvalue weighted by molar-refractivity contribution is -0.186. The molecule has 2 N–H and O–H groups in total. The van der Waals surface area contributed by atoms with E-state index in [-0.39, 0.29) is 0 Å². The smallest absolute Gasteiger partial charge is 0.199 e. The van der Waals surface area contributed by atoms with E-state index in [4.69, 9.17) is 0 Å². The van der Waals surface area contributed by atoms with Crippen LogP contribution < -0.4 is 0 Å². The van der Waals surface area contributed by atoms with Gasteiger partial charge in [-0.05, 0) is 18.4 Å². The molecule has 2 heteroatoms. The molecule has 0 atom stereocenters. The van der Waals surface area contributed by atoms with Crippen LogP contribution in [0.5, 0.6) is 0 Å². The Morgan fingerprint density at radius 1 is 0.950 bits per heavy atom. The van der Waals surface area contributed by atoms with E-state index in [0.717, 1.165) is 31.2 Å². The fourth-order valence-corrected chi connectivity index (χ4v) is 3.28. The van der Waals surface area contributed by atoms with Crippen molar-refractivity contribution in [3.8, 4) is 0 Å². The van der Waals surface area contributed by atoms with Gasteiger partial charge in [0.2, 0.25) is 0 Å². The first-order valence-electron chi connectivity index (χ1n) is 7.47. The molecule has 0 radical (unpaired) electrons. The predicted molar refractivity (Wildman–Crippen MR) is 83.0 cm³/mol. The average Bonchev–Trinajstić information content (AvgIpc) is 2.43. The highest BCUT2D eigenvalue weighted by Gasteiger charge is 2.50. The van der Waals surface area contributed by atoms with Gasteiger partial charge in [0.05, 0.1) is 0 Å². The Bertz CT molecular complexity index is 491. The van der Waals surface area contributed by atoms with E-state index in [2.05, 4.69) is 13.8 Å². The monoisotopic (exact) mass is 272 g/mol. The molecule has 0 saturated carbocycles. The second-order valence-electron chi connectivity index (χ2n) is 5.63. The number of allylic oxidation sites excluding steroid dienone is 2. The Morgan fingerprint density at radius 2 is 1.55 bits per heavy atom. The molecule has 0 heterocycles. The van der Waals surface area contributed by atoms with Crippen LogP contribution >= 0.6 is 0 Å². The highest BCUT2D eigenvalue weighted by Crippen LogP contribution is 2.49. The fraction of sp³-hybridized carbons (Fsp3) is 0.444. The molecular formula is C18H24O2. The average molecular weight is 272 g/mol. The van der Waals surface area contributed by atoms with Crippen LogP contribution in [0.1, 0.15) is 45.1 Å². The van der Waals surface area contributed by atoms with Crippen LogP contribution in [0.2, 0.25) is 0 Å². The standard InChI is InChI=1S/C18H24O2/c1-3-12-17(13-4-2)14-8-11-16(18(17,19)20)15-9-6-5-7-10-15/h5-11,14,19-20H,3-4,12-13H2,1-2H3. The van der Waals surface area contributed by atoms with E-state index in [9.17, 15) is 10.2 Å². The van der Waals surface area contributed by atoms with Crippen molar-refractivity contribution in [2.24, 2.45) is 5.41 Å². The number of hydrogen-bond acceptors (Lipinski definition) is 2. The van der Waals surface area contributed by atoms with E-state index in [1.54, 1.807) is 0 Å². The zero-order chi connectivity index (χ0) is 14.6. The van der Waals surface area contributed by atoms with Gasteiger partial charge in [-0.2, -0.15) is 0 Å². The van der Waals surface area contributed by atoms with Crippen LogP contribution in [0.3, 0.4) is 0 Å². The first kappa shape index (κ1) is 15.0. The third-order valence-corrected chi connectivity index (χ3v) is 4.23. The van der Waals surface area contributed by atoms with Crippen molar-refractivity contribution < 1.29 is 10.2 Å². The molecule has 0 saturated heterocycles. The summed E-state index contributed by atoms with van der Waals surface area (Å²) >= 11 is 0. The Morgan fingerprint density at radius 3 is 2.10 bits per heavy atom. The van der Waals surface area contributed by atoms with Gasteiger partial charge in [-0.25, -0.2) is 0 Å². The summed E-state index contributed by atoms with van der Waals surface area (Å²) < 4.78 is 0.